The van der Waals surface area contributed by atoms with Crippen molar-refractivity contribution in [2.24, 2.45) is 34.0 Å². The van der Waals surface area contributed by atoms with Gasteiger partial charge >= 0.3 is 5.97 Å². The Morgan fingerprint density at radius 3 is 1.64 bits per heavy atom. The van der Waals surface area contributed by atoms with E-state index in [-0.39, 0.29) is 57.6 Å². The zero-order valence-corrected chi connectivity index (χ0v) is 39.4. The predicted octanol–water partition coefficient (Wildman–Crippen LogP) is -2.91. The molecule has 1 saturated heterocycles. The third-order valence-electron chi connectivity index (χ3n) is 11.4. The SMILES string of the molecule is CCC[C@H](NC(=O)[C@@H](NC(=O)[C@H](NC(=O)[C@H](CCC(N)=O)NC(C)=O)[C@@H](C)CC)[C@@H](C)O)C(=O)N[C@H](C(=O)N[C@@H](CCCN=C(N)N)C(=O)N1CCC[C@H]1C(=O)N[C@H](C)C(=O)O)[C@@H](C)CC. The van der Waals surface area contributed by atoms with Crippen LogP contribution < -0.4 is 54.4 Å². The molecule has 0 radical (unpaired) electrons. The number of likely N-dealkylation sites (tertiary alicyclic amines) is 1. The van der Waals surface area contributed by atoms with Gasteiger partial charge in [-0.25, -0.2) is 0 Å². The van der Waals surface area contributed by atoms with Crippen molar-refractivity contribution in [3.63, 3.8) is 0 Å². The molecule has 0 aromatic rings. The summed E-state index contributed by atoms with van der Waals surface area (Å²) in [5.74, 6) is -9.22. The third kappa shape index (κ3) is 19.2. The largest absolute Gasteiger partial charge is 0.480 e. The number of guanidine groups is 1. The van der Waals surface area contributed by atoms with Crippen LogP contribution in [0.25, 0.3) is 0 Å². The van der Waals surface area contributed by atoms with Gasteiger partial charge in [-0.05, 0) is 64.2 Å². The Balaban J connectivity index is 3.38. The van der Waals surface area contributed by atoms with Crippen LogP contribution in [-0.4, -0.2) is 148 Å². The molecule has 1 aliphatic rings. The van der Waals surface area contributed by atoms with Crippen molar-refractivity contribution in [3.8, 4) is 0 Å². The first kappa shape index (κ1) is 57.9. The standard InChI is InChI=1S/C42H74N12O12/c1-9-14-26(49-39(63)33(24(7)55)53-38(62)32(22(5)11-3)52-35(59)27(48-25(8)56)17-18-30(43)57)34(58)51-31(21(4)10-2)37(61)50-28(15-12-19-46-42(44)45)40(64)54-20-13-16-29(54)36(60)47-23(6)41(65)66/h21-24,26-29,31-33,55H,9-20H2,1-8H3,(H2,43,57)(H,47,60)(H,48,56)(H,49,63)(H,50,61)(H,51,58)(H,52,59)(H,53,62)(H,65,66)(H4,44,45,46)/t21-,22-,23+,24+,26-,27-,28-,29-,31-,32+,33-/m0/s1. The average molecular weight is 939 g/mol. The normalized spacial score (nSPS) is 17.9. The summed E-state index contributed by atoms with van der Waals surface area (Å²) in [7, 11) is 0. The lowest BCUT2D eigenvalue weighted by Gasteiger charge is -2.32. The second-order valence-electron chi connectivity index (χ2n) is 16.8. The topological polar surface area (TPSA) is 389 Å². The Morgan fingerprint density at radius 1 is 0.667 bits per heavy atom. The molecule has 0 aromatic carbocycles. The highest BCUT2D eigenvalue weighted by Crippen LogP contribution is 2.21. The summed E-state index contributed by atoms with van der Waals surface area (Å²) >= 11 is 0. The van der Waals surface area contributed by atoms with Gasteiger partial charge in [0.25, 0.3) is 0 Å². The first-order chi connectivity index (χ1) is 30.9. The van der Waals surface area contributed by atoms with Gasteiger partial charge in [-0.1, -0.05) is 53.9 Å². The maximum absolute atomic E-state index is 14.1. The summed E-state index contributed by atoms with van der Waals surface area (Å²) < 4.78 is 0. The van der Waals surface area contributed by atoms with Crippen molar-refractivity contribution < 1.29 is 58.2 Å². The van der Waals surface area contributed by atoms with Crippen molar-refractivity contribution >= 4 is 65.1 Å². The molecule has 0 bridgehead atoms. The minimum Gasteiger partial charge on any atom is -0.480 e. The molecule has 1 aliphatic heterocycles. The van der Waals surface area contributed by atoms with Crippen LogP contribution in [0, 0.1) is 11.8 Å². The van der Waals surface area contributed by atoms with E-state index in [2.05, 4.69) is 42.2 Å². The average Bonchev–Trinajstić information content (AvgIpc) is 3.75. The monoisotopic (exact) mass is 939 g/mol. The third-order valence-corrected chi connectivity index (χ3v) is 11.4. The number of nitrogens with two attached hydrogens (primary N) is 3. The molecule has 24 nitrogen and oxygen atoms in total. The fraction of sp³-hybridized carbons (Fsp3) is 0.738. The summed E-state index contributed by atoms with van der Waals surface area (Å²) in [4.78, 5) is 136. The number of rotatable bonds is 29. The molecule has 9 amide bonds. The molecule has 66 heavy (non-hydrogen) atoms. The van der Waals surface area contributed by atoms with Crippen LogP contribution in [0.2, 0.25) is 0 Å². The lowest BCUT2D eigenvalue weighted by Crippen LogP contribution is -2.62. The Hall–Kier alpha value is -6.07. The first-order valence-electron chi connectivity index (χ1n) is 22.5. The van der Waals surface area contributed by atoms with E-state index >= 15 is 0 Å². The van der Waals surface area contributed by atoms with Crippen LogP contribution in [0.5, 0.6) is 0 Å². The molecule has 11 atom stereocenters. The summed E-state index contributed by atoms with van der Waals surface area (Å²) in [6.45, 7) is 12.6. The van der Waals surface area contributed by atoms with Gasteiger partial charge in [0.05, 0.1) is 6.10 Å². The van der Waals surface area contributed by atoms with Crippen LogP contribution in [-0.2, 0) is 47.9 Å². The number of carbonyl (C=O) groups excluding carboxylic acids is 9. The maximum Gasteiger partial charge on any atom is 0.325 e. The van der Waals surface area contributed by atoms with E-state index < -0.39 is 125 Å². The minimum absolute atomic E-state index is 0.0205. The van der Waals surface area contributed by atoms with Crippen molar-refractivity contribution in [2.75, 3.05) is 13.1 Å². The van der Waals surface area contributed by atoms with Crippen LogP contribution in [0.15, 0.2) is 4.99 Å². The Morgan fingerprint density at radius 2 is 1.17 bits per heavy atom. The van der Waals surface area contributed by atoms with Gasteiger partial charge in [0, 0.05) is 26.4 Å². The van der Waals surface area contributed by atoms with Gasteiger partial charge in [-0.15, -0.1) is 0 Å². The number of carboxylic acids is 1. The number of aliphatic hydroxyl groups is 1. The highest BCUT2D eigenvalue weighted by Gasteiger charge is 2.40. The number of hydrogen-bond acceptors (Lipinski definition) is 12. The van der Waals surface area contributed by atoms with E-state index in [0.717, 1.165) is 0 Å². The smallest absolute Gasteiger partial charge is 0.325 e. The molecule has 0 aromatic heterocycles. The number of carbonyl (C=O) groups is 10. The molecule has 1 heterocycles. The molecule has 1 rings (SSSR count). The first-order valence-corrected chi connectivity index (χ1v) is 22.5. The van der Waals surface area contributed by atoms with Gasteiger partial charge in [0.1, 0.15) is 48.3 Å². The van der Waals surface area contributed by atoms with Gasteiger partial charge in [-0.3, -0.25) is 52.9 Å². The fourth-order valence-electron chi connectivity index (χ4n) is 7.08. The molecule has 24 heteroatoms. The number of primary amides is 1. The quantitative estimate of drug-likeness (QED) is 0.0203. The number of carboxylic acid groups (broad SMARTS) is 1. The molecule has 15 N–H and O–H groups in total. The Kier molecular flexibility index (Phi) is 25.2. The van der Waals surface area contributed by atoms with E-state index in [4.69, 9.17) is 17.2 Å². The molecule has 0 aliphatic carbocycles. The number of nitrogens with zero attached hydrogens (tertiary/aromatic N) is 2. The van der Waals surface area contributed by atoms with E-state index in [9.17, 15) is 58.2 Å². The van der Waals surface area contributed by atoms with E-state index in [1.807, 2.05) is 0 Å². The zero-order valence-electron chi connectivity index (χ0n) is 39.4. The van der Waals surface area contributed by atoms with Crippen molar-refractivity contribution in [2.45, 2.75) is 174 Å². The number of amides is 9. The van der Waals surface area contributed by atoms with Crippen LogP contribution in [0.3, 0.4) is 0 Å². The highest BCUT2D eigenvalue weighted by atomic mass is 16.4. The summed E-state index contributed by atoms with van der Waals surface area (Å²) in [5.41, 5.74) is 16.2. The second kappa shape index (κ2) is 28.8. The minimum atomic E-state index is -1.64. The van der Waals surface area contributed by atoms with Gasteiger partial charge in [-0.2, -0.15) is 0 Å². The van der Waals surface area contributed by atoms with Crippen molar-refractivity contribution in [1.29, 1.82) is 0 Å². The van der Waals surface area contributed by atoms with E-state index in [1.54, 1.807) is 34.6 Å². The van der Waals surface area contributed by atoms with Gasteiger partial charge < -0.3 is 69.5 Å². The molecule has 0 spiro atoms. The van der Waals surface area contributed by atoms with Crippen LogP contribution in [0.1, 0.15) is 120 Å². The van der Waals surface area contributed by atoms with Crippen molar-refractivity contribution in [3.05, 3.63) is 0 Å². The fourth-order valence-corrected chi connectivity index (χ4v) is 7.08. The molecule has 0 unspecified atom stereocenters. The maximum atomic E-state index is 14.1. The lowest BCUT2D eigenvalue weighted by molar-refractivity contribution is -0.144. The van der Waals surface area contributed by atoms with Crippen LogP contribution >= 0.6 is 0 Å². The van der Waals surface area contributed by atoms with E-state index in [0.29, 0.717) is 25.7 Å². The summed E-state index contributed by atoms with van der Waals surface area (Å²) in [6, 6.07) is -10.1. The summed E-state index contributed by atoms with van der Waals surface area (Å²) in [5, 5.41) is 37.9. The second-order valence-corrected chi connectivity index (χ2v) is 16.8. The molecule has 374 valence electrons. The predicted molar refractivity (Wildman–Crippen MR) is 241 cm³/mol. The van der Waals surface area contributed by atoms with E-state index in [1.165, 1.54) is 25.7 Å². The Bertz CT molecular complexity index is 1740. The molecule has 1 fully saturated rings. The van der Waals surface area contributed by atoms with Crippen molar-refractivity contribution in [1.82, 2.24) is 42.1 Å². The molecular formula is C42H74N12O12. The summed E-state index contributed by atoms with van der Waals surface area (Å²) in [6.07, 6.45) is 0.194. The number of aliphatic hydroxyl groups excluding tert-OH is 1. The lowest BCUT2D eigenvalue weighted by atomic mass is 9.96. The van der Waals surface area contributed by atoms with Gasteiger partial charge in [0.2, 0.25) is 53.2 Å². The van der Waals surface area contributed by atoms with Gasteiger partial charge in [0.15, 0.2) is 5.96 Å². The number of aliphatic imine (C=N–C) groups is 1. The molecular weight excluding hydrogens is 865 g/mol. The highest BCUT2D eigenvalue weighted by molar-refractivity contribution is 5.98. The molecule has 0 saturated carbocycles. The number of nitrogens with one attached hydrogen (secondary N) is 7. The van der Waals surface area contributed by atoms with Crippen LogP contribution in [0.4, 0.5) is 0 Å². The zero-order chi connectivity index (χ0) is 50.4. The number of hydrogen-bond donors (Lipinski definition) is 12. The Labute approximate surface area is 385 Å². The number of aliphatic carboxylic acids is 1.